The number of carbonyl (C=O) groups excluding carboxylic acids is 2. The fourth-order valence-electron chi connectivity index (χ4n) is 6.19. The van der Waals surface area contributed by atoms with Crippen molar-refractivity contribution in [2.24, 2.45) is 9.98 Å². The summed E-state index contributed by atoms with van der Waals surface area (Å²) in [5.74, 6) is 1.73. The van der Waals surface area contributed by atoms with Gasteiger partial charge in [-0.15, -0.1) is 0 Å². The van der Waals surface area contributed by atoms with Crippen molar-refractivity contribution in [1.82, 2.24) is 0 Å². The molecule has 0 aliphatic rings. The first kappa shape index (κ1) is 45.5. The summed E-state index contributed by atoms with van der Waals surface area (Å²) in [7, 11) is 0. The maximum absolute atomic E-state index is 12.6. The van der Waals surface area contributed by atoms with Gasteiger partial charge in [0.2, 0.25) is 0 Å². The van der Waals surface area contributed by atoms with Crippen molar-refractivity contribution >= 4 is 24.4 Å². The molecule has 8 nitrogen and oxygen atoms in total. The average Bonchev–Trinajstić information content (AvgIpc) is 3.25. The summed E-state index contributed by atoms with van der Waals surface area (Å²) in [5, 5.41) is 0. The lowest BCUT2D eigenvalue weighted by Crippen LogP contribution is -2.08. The van der Waals surface area contributed by atoms with E-state index in [1.54, 1.807) is 48.5 Å². The van der Waals surface area contributed by atoms with Crippen LogP contribution < -0.4 is 18.9 Å². The Morgan fingerprint density at radius 3 is 1.12 bits per heavy atom. The molecule has 0 atom stereocenters. The summed E-state index contributed by atoms with van der Waals surface area (Å²) in [6.07, 6.45) is 22.6. The van der Waals surface area contributed by atoms with E-state index in [0.29, 0.717) is 35.8 Å². The van der Waals surface area contributed by atoms with Gasteiger partial charge < -0.3 is 18.9 Å². The van der Waals surface area contributed by atoms with Gasteiger partial charge >= 0.3 is 11.9 Å². The first-order valence-electron chi connectivity index (χ1n) is 21.6. The lowest BCUT2D eigenvalue weighted by molar-refractivity contribution is 0.0725. The maximum atomic E-state index is 12.6. The Bertz CT molecular complexity index is 1630. The standard InChI is InChI=1S/C50H64N2O6/c1-3-5-7-9-13-17-37-55-45-31-23-43(24-32-45)49(53)57-47-27-19-41(20-28-47)39-51-35-15-11-12-16-36-52-40-42-21-29-48(30-22-42)58-50(54)44-25-33-46(34-26-44)56-38-18-14-10-8-6-4-2/h19-34,39-40H,3-18,35-38H2,1-2H3. The number of nitrogens with zero attached hydrogens (tertiary/aromatic N) is 2. The van der Waals surface area contributed by atoms with Gasteiger partial charge in [-0.2, -0.15) is 0 Å². The Balaban J connectivity index is 1.02. The van der Waals surface area contributed by atoms with E-state index in [9.17, 15) is 9.59 Å². The van der Waals surface area contributed by atoms with E-state index in [4.69, 9.17) is 18.9 Å². The van der Waals surface area contributed by atoms with Crippen molar-refractivity contribution in [3.63, 3.8) is 0 Å². The number of hydrogen-bond donors (Lipinski definition) is 0. The predicted molar refractivity (Wildman–Crippen MR) is 237 cm³/mol. The number of esters is 2. The molecule has 0 heterocycles. The van der Waals surface area contributed by atoms with Gasteiger partial charge in [0.25, 0.3) is 0 Å². The zero-order chi connectivity index (χ0) is 40.9. The summed E-state index contributed by atoms with van der Waals surface area (Å²) in [4.78, 5) is 34.4. The molecular formula is C50H64N2O6. The van der Waals surface area contributed by atoms with Crippen LogP contribution in [0.1, 0.15) is 148 Å². The molecule has 0 amide bonds. The molecule has 4 aromatic rings. The molecule has 0 spiro atoms. The molecular weight excluding hydrogens is 725 g/mol. The Morgan fingerprint density at radius 1 is 0.414 bits per heavy atom. The quantitative estimate of drug-likeness (QED) is 0.0235. The molecule has 310 valence electrons. The molecule has 4 aromatic carbocycles. The smallest absolute Gasteiger partial charge is 0.343 e. The van der Waals surface area contributed by atoms with Crippen molar-refractivity contribution in [1.29, 1.82) is 0 Å². The SMILES string of the molecule is CCCCCCCCOc1ccc(C(=O)Oc2ccc(C=NCCCCCCN=Cc3ccc(OC(=O)c4ccc(OCCCCCCCC)cc4)cc3)cc2)cc1. The molecule has 0 aliphatic heterocycles. The number of aliphatic imine (C=N–C) groups is 2. The van der Waals surface area contributed by atoms with Crippen LogP contribution in [0.15, 0.2) is 107 Å². The van der Waals surface area contributed by atoms with Crippen molar-refractivity contribution in [3.8, 4) is 23.0 Å². The highest BCUT2D eigenvalue weighted by molar-refractivity contribution is 5.92. The fourth-order valence-corrected chi connectivity index (χ4v) is 6.19. The van der Waals surface area contributed by atoms with Crippen LogP contribution in [0, 0.1) is 0 Å². The van der Waals surface area contributed by atoms with E-state index in [0.717, 1.165) is 74.2 Å². The van der Waals surface area contributed by atoms with Gasteiger partial charge in [-0.05, 0) is 134 Å². The Kier molecular flexibility index (Phi) is 22.1. The Hall–Kier alpha value is -5.24. The number of carbonyl (C=O) groups is 2. The fraction of sp³-hybridized carbons (Fsp3) is 0.440. The first-order chi connectivity index (χ1) is 28.5. The van der Waals surface area contributed by atoms with Gasteiger partial charge in [0, 0.05) is 25.5 Å². The number of ether oxygens (including phenoxy) is 4. The van der Waals surface area contributed by atoms with E-state index < -0.39 is 11.9 Å². The summed E-state index contributed by atoms with van der Waals surface area (Å²) < 4.78 is 22.8. The number of rotatable bonds is 29. The lowest BCUT2D eigenvalue weighted by Gasteiger charge is -2.08. The number of benzene rings is 4. The van der Waals surface area contributed by atoms with E-state index in [1.807, 2.05) is 61.0 Å². The monoisotopic (exact) mass is 788 g/mol. The highest BCUT2D eigenvalue weighted by Gasteiger charge is 2.10. The van der Waals surface area contributed by atoms with Crippen molar-refractivity contribution < 1.29 is 28.5 Å². The summed E-state index contributed by atoms with van der Waals surface area (Å²) in [6.45, 7) is 7.35. The van der Waals surface area contributed by atoms with Gasteiger partial charge in [-0.25, -0.2) is 9.59 Å². The van der Waals surface area contributed by atoms with Gasteiger partial charge in [-0.1, -0.05) is 90.9 Å². The molecule has 0 aliphatic carbocycles. The Morgan fingerprint density at radius 2 is 0.741 bits per heavy atom. The highest BCUT2D eigenvalue weighted by Crippen LogP contribution is 2.19. The van der Waals surface area contributed by atoms with E-state index in [2.05, 4.69) is 23.8 Å². The predicted octanol–water partition coefficient (Wildman–Crippen LogP) is 12.7. The van der Waals surface area contributed by atoms with Gasteiger partial charge in [0.15, 0.2) is 0 Å². The average molecular weight is 789 g/mol. The Labute approximate surface area is 347 Å². The van der Waals surface area contributed by atoms with E-state index >= 15 is 0 Å². The maximum Gasteiger partial charge on any atom is 0.343 e. The highest BCUT2D eigenvalue weighted by atomic mass is 16.5. The van der Waals surface area contributed by atoms with Crippen LogP contribution in [-0.4, -0.2) is 50.7 Å². The number of hydrogen-bond acceptors (Lipinski definition) is 8. The topological polar surface area (TPSA) is 95.8 Å². The third kappa shape index (κ3) is 18.8. The first-order valence-corrected chi connectivity index (χ1v) is 21.6. The minimum atomic E-state index is -0.397. The van der Waals surface area contributed by atoms with Crippen LogP contribution in [0.2, 0.25) is 0 Å². The van der Waals surface area contributed by atoms with Crippen LogP contribution in [0.5, 0.6) is 23.0 Å². The zero-order valence-electron chi connectivity index (χ0n) is 34.9. The van der Waals surface area contributed by atoms with Crippen molar-refractivity contribution in [3.05, 3.63) is 119 Å². The molecule has 0 saturated carbocycles. The molecule has 58 heavy (non-hydrogen) atoms. The molecule has 0 N–H and O–H groups in total. The lowest BCUT2D eigenvalue weighted by atomic mass is 10.1. The second-order valence-electron chi connectivity index (χ2n) is 14.7. The zero-order valence-corrected chi connectivity index (χ0v) is 34.9. The molecule has 0 radical (unpaired) electrons. The van der Waals surface area contributed by atoms with Crippen LogP contribution in [-0.2, 0) is 0 Å². The minimum Gasteiger partial charge on any atom is -0.494 e. The van der Waals surface area contributed by atoms with E-state index in [1.165, 1.54) is 64.2 Å². The normalized spacial score (nSPS) is 11.3. The number of unbranched alkanes of at least 4 members (excludes halogenated alkanes) is 13. The summed E-state index contributed by atoms with van der Waals surface area (Å²) in [6, 6.07) is 29.0. The third-order valence-electron chi connectivity index (χ3n) is 9.70. The van der Waals surface area contributed by atoms with Crippen LogP contribution in [0.3, 0.4) is 0 Å². The van der Waals surface area contributed by atoms with Crippen LogP contribution >= 0.6 is 0 Å². The second kappa shape index (κ2) is 28.2. The molecule has 8 heteroatoms. The summed E-state index contributed by atoms with van der Waals surface area (Å²) in [5.41, 5.74) is 2.89. The molecule has 0 fully saturated rings. The van der Waals surface area contributed by atoms with Crippen LogP contribution in [0.4, 0.5) is 0 Å². The van der Waals surface area contributed by atoms with Gasteiger partial charge in [-0.3, -0.25) is 9.98 Å². The molecule has 4 rings (SSSR count). The van der Waals surface area contributed by atoms with Crippen LogP contribution in [0.25, 0.3) is 0 Å². The molecule has 0 bridgehead atoms. The molecule has 0 aromatic heterocycles. The summed E-state index contributed by atoms with van der Waals surface area (Å²) >= 11 is 0. The van der Waals surface area contributed by atoms with Crippen molar-refractivity contribution in [2.75, 3.05) is 26.3 Å². The largest absolute Gasteiger partial charge is 0.494 e. The molecule has 0 saturated heterocycles. The van der Waals surface area contributed by atoms with Crippen molar-refractivity contribution in [2.45, 2.75) is 117 Å². The third-order valence-corrected chi connectivity index (χ3v) is 9.70. The van der Waals surface area contributed by atoms with Gasteiger partial charge in [0.1, 0.15) is 23.0 Å². The van der Waals surface area contributed by atoms with E-state index in [-0.39, 0.29) is 0 Å². The minimum absolute atomic E-state index is 0.397. The van der Waals surface area contributed by atoms with Gasteiger partial charge in [0.05, 0.1) is 24.3 Å². The second-order valence-corrected chi connectivity index (χ2v) is 14.7. The molecule has 0 unspecified atom stereocenters.